The van der Waals surface area contributed by atoms with Crippen LogP contribution in [0.25, 0.3) is 0 Å². The van der Waals surface area contributed by atoms with Gasteiger partial charge in [0.1, 0.15) is 12.7 Å². The predicted molar refractivity (Wildman–Crippen MR) is 104 cm³/mol. The van der Waals surface area contributed by atoms with Gasteiger partial charge < -0.3 is 18.9 Å². The number of nitrogens with zero attached hydrogens (tertiary/aromatic N) is 1. The van der Waals surface area contributed by atoms with Gasteiger partial charge in [0.2, 0.25) is 5.75 Å². The minimum atomic E-state index is -1.91. The molecule has 1 N–H and O–H groups in total. The number of rotatable bonds is 6. The number of hydrogen-bond donors (Lipinski definition) is 1. The average molecular weight is 436 g/mol. The van der Waals surface area contributed by atoms with E-state index in [1.165, 1.54) is 7.11 Å². The number of nitrogens with one attached hydrogen (secondary N) is 1. The molecule has 0 unspecified atom stereocenters. The summed E-state index contributed by atoms with van der Waals surface area (Å²) in [5, 5.41) is 0. The summed E-state index contributed by atoms with van der Waals surface area (Å²) in [5.74, 6) is -1.72. The van der Waals surface area contributed by atoms with Gasteiger partial charge in [-0.25, -0.2) is 14.0 Å². The molecule has 1 aromatic heterocycles. The van der Waals surface area contributed by atoms with E-state index in [1.807, 2.05) is 11.9 Å². The topological polar surface area (TPSA) is 126 Å². The number of aromatic nitrogens is 2. The molecule has 1 aliphatic rings. The van der Waals surface area contributed by atoms with Crippen LogP contribution in [0, 0.1) is 6.92 Å². The molecule has 0 radical (unpaired) electrons. The van der Waals surface area contributed by atoms with Crippen molar-refractivity contribution in [3.63, 3.8) is 0 Å². The maximum absolute atomic E-state index is 15.0. The van der Waals surface area contributed by atoms with E-state index in [4.69, 9.17) is 18.9 Å². The Bertz CT molecular complexity index is 1080. The highest BCUT2D eigenvalue weighted by Crippen LogP contribution is 2.33. The van der Waals surface area contributed by atoms with Crippen molar-refractivity contribution in [3.05, 3.63) is 62.4 Å². The van der Waals surface area contributed by atoms with E-state index in [-0.39, 0.29) is 11.3 Å². The van der Waals surface area contributed by atoms with Crippen LogP contribution >= 0.6 is 0 Å². The zero-order valence-corrected chi connectivity index (χ0v) is 17.0. The Morgan fingerprint density at radius 3 is 2.52 bits per heavy atom. The first kappa shape index (κ1) is 22.2. The first-order valence-corrected chi connectivity index (χ1v) is 9.31. The minimum absolute atomic E-state index is 0.227. The number of carbonyl (C=O) groups excluding carboxylic acids is 2. The number of benzene rings is 1. The molecular weight excluding hydrogens is 415 g/mol. The molecule has 2 heterocycles. The summed E-state index contributed by atoms with van der Waals surface area (Å²) in [4.78, 5) is 49.6. The van der Waals surface area contributed by atoms with Gasteiger partial charge in [-0.1, -0.05) is 17.7 Å². The van der Waals surface area contributed by atoms with Crippen molar-refractivity contribution < 1.29 is 32.9 Å². The molecule has 166 valence electrons. The number of ether oxygens (including phenoxy) is 4. The van der Waals surface area contributed by atoms with Crippen molar-refractivity contribution in [2.24, 2.45) is 0 Å². The number of aromatic amines is 1. The molecule has 0 amide bonds. The van der Waals surface area contributed by atoms with E-state index in [2.05, 4.69) is 0 Å². The summed E-state index contributed by atoms with van der Waals surface area (Å²) in [5.41, 5.74) is -0.481. The fraction of sp³-hybridized carbons (Fsp3) is 0.400. The Labute approximate surface area is 175 Å². The van der Waals surface area contributed by atoms with Crippen LogP contribution < -0.4 is 16.0 Å². The Morgan fingerprint density at radius 2 is 1.90 bits per heavy atom. The third-order valence-electron chi connectivity index (χ3n) is 4.66. The Hall–Kier alpha value is -3.47. The van der Waals surface area contributed by atoms with E-state index >= 15 is 4.39 Å². The third kappa shape index (κ3) is 4.82. The van der Waals surface area contributed by atoms with Gasteiger partial charge in [0.25, 0.3) is 5.56 Å². The molecule has 0 saturated carbocycles. The molecule has 4 atom stereocenters. The molecule has 1 aromatic carbocycles. The van der Waals surface area contributed by atoms with Crippen LogP contribution in [0.1, 0.15) is 29.1 Å². The zero-order chi connectivity index (χ0) is 22.7. The van der Waals surface area contributed by atoms with E-state index < -0.39 is 54.4 Å². The fourth-order valence-corrected chi connectivity index (χ4v) is 3.10. The third-order valence-corrected chi connectivity index (χ3v) is 4.66. The molecule has 1 fully saturated rings. The summed E-state index contributed by atoms with van der Waals surface area (Å²) in [6.45, 7) is 2.44. The molecule has 10 nitrogen and oxygen atoms in total. The van der Waals surface area contributed by atoms with Gasteiger partial charge in [0.05, 0.1) is 18.9 Å². The second-order valence-corrected chi connectivity index (χ2v) is 6.91. The van der Waals surface area contributed by atoms with Gasteiger partial charge in [-0.15, -0.1) is 0 Å². The minimum Gasteiger partial charge on any atom is -0.490 e. The highest BCUT2D eigenvalue weighted by atomic mass is 19.1. The van der Waals surface area contributed by atoms with E-state index in [1.54, 1.807) is 24.3 Å². The number of aryl methyl sites for hydroxylation is 1. The summed E-state index contributed by atoms with van der Waals surface area (Å²) in [6, 6.07) is 6.58. The molecule has 0 bridgehead atoms. The van der Waals surface area contributed by atoms with Crippen LogP contribution in [-0.4, -0.2) is 53.6 Å². The molecule has 0 spiro atoms. The van der Waals surface area contributed by atoms with Gasteiger partial charge in [-0.2, -0.15) is 0 Å². The number of halogens is 1. The Kier molecular flexibility index (Phi) is 6.54. The van der Waals surface area contributed by atoms with Gasteiger partial charge in [0.15, 0.2) is 18.5 Å². The van der Waals surface area contributed by atoms with Gasteiger partial charge >= 0.3 is 17.6 Å². The molecule has 11 heteroatoms. The SMILES string of the molecule is COc1cn([C@@H]2O[C@H](COC(=O)c3ccc(C)cc3)[C@@H](F)[C@H]2OC(C)=O)c(=O)[nH]c1=O. The smallest absolute Gasteiger partial charge is 0.338 e. The van der Waals surface area contributed by atoms with Crippen LogP contribution in [-0.2, 0) is 19.0 Å². The summed E-state index contributed by atoms with van der Waals surface area (Å²) in [6.07, 6.45) is -5.15. The quantitative estimate of drug-likeness (QED) is 0.662. The fourth-order valence-electron chi connectivity index (χ4n) is 3.10. The lowest BCUT2D eigenvalue weighted by Gasteiger charge is -2.21. The lowest BCUT2D eigenvalue weighted by molar-refractivity contribution is -0.154. The Balaban J connectivity index is 1.82. The van der Waals surface area contributed by atoms with Crippen molar-refractivity contribution in [2.45, 2.75) is 38.5 Å². The second-order valence-electron chi connectivity index (χ2n) is 6.91. The van der Waals surface area contributed by atoms with Crippen LogP contribution in [0.2, 0.25) is 0 Å². The number of hydrogen-bond acceptors (Lipinski definition) is 8. The van der Waals surface area contributed by atoms with E-state index in [9.17, 15) is 19.2 Å². The summed E-state index contributed by atoms with van der Waals surface area (Å²) >= 11 is 0. The summed E-state index contributed by atoms with van der Waals surface area (Å²) < 4.78 is 36.5. The zero-order valence-electron chi connectivity index (χ0n) is 17.0. The number of alkyl halides is 1. The van der Waals surface area contributed by atoms with Gasteiger partial charge in [0, 0.05) is 6.92 Å². The lowest BCUT2D eigenvalue weighted by Crippen LogP contribution is -2.39. The Morgan fingerprint density at radius 1 is 1.23 bits per heavy atom. The van der Waals surface area contributed by atoms with Crippen molar-refractivity contribution in [1.82, 2.24) is 9.55 Å². The second kappa shape index (κ2) is 9.13. The normalized spacial score (nSPS) is 22.7. The lowest BCUT2D eigenvalue weighted by atomic mass is 10.1. The largest absolute Gasteiger partial charge is 0.490 e. The number of esters is 2. The van der Waals surface area contributed by atoms with Crippen LogP contribution in [0.4, 0.5) is 4.39 Å². The van der Waals surface area contributed by atoms with Crippen LogP contribution in [0.5, 0.6) is 5.75 Å². The van der Waals surface area contributed by atoms with Crippen molar-refractivity contribution >= 4 is 11.9 Å². The van der Waals surface area contributed by atoms with Gasteiger partial charge in [-0.05, 0) is 19.1 Å². The number of H-pyrrole nitrogens is 1. The maximum atomic E-state index is 15.0. The standard InChI is InChI=1S/C20H21FN2O8/c1-10-4-6-12(7-5-10)19(26)29-9-14-15(21)16(30-11(2)24)18(31-14)23-8-13(28-3)17(25)22-20(23)27/h4-8,14-16,18H,9H2,1-3H3,(H,22,25,27)/t14-,15-,16-,18-/m1/s1. The molecule has 2 aromatic rings. The molecular formula is C20H21FN2O8. The van der Waals surface area contributed by atoms with Crippen LogP contribution in [0.15, 0.2) is 40.1 Å². The molecule has 31 heavy (non-hydrogen) atoms. The van der Waals surface area contributed by atoms with E-state index in [0.29, 0.717) is 0 Å². The maximum Gasteiger partial charge on any atom is 0.338 e. The van der Waals surface area contributed by atoms with Crippen molar-refractivity contribution in [1.29, 1.82) is 0 Å². The van der Waals surface area contributed by atoms with Gasteiger partial charge in [-0.3, -0.25) is 19.1 Å². The number of carbonyl (C=O) groups is 2. The van der Waals surface area contributed by atoms with Crippen molar-refractivity contribution in [2.75, 3.05) is 13.7 Å². The molecule has 1 aliphatic heterocycles. The highest BCUT2D eigenvalue weighted by molar-refractivity contribution is 5.89. The van der Waals surface area contributed by atoms with Crippen LogP contribution in [0.3, 0.4) is 0 Å². The highest BCUT2D eigenvalue weighted by Gasteiger charge is 2.49. The summed E-state index contributed by atoms with van der Waals surface area (Å²) in [7, 11) is 1.21. The monoisotopic (exact) mass is 436 g/mol. The average Bonchev–Trinajstić information content (AvgIpc) is 3.02. The molecule has 0 aliphatic carbocycles. The molecule has 1 saturated heterocycles. The van der Waals surface area contributed by atoms with E-state index in [0.717, 1.165) is 23.3 Å². The molecule has 3 rings (SSSR count). The first-order chi connectivity index (χ1) is 14.7. The predicted octanol–water partition coefficient (Wildman–Crippen LogP) is 0.878. The first-order valence-electron chi connectivity index (χ1n) is 9.31. The number of methoxy groups -OCH3 is 1. The van der Waals surface area contributed by atoms with Crippen molar-refractivity contribution in [3.8, 4) is 5.75 Å².